The van der Waals surface area contributed by atoms with Crippen molar-refractivity contribution in [3.63, 3.8) is 0 Å². The highest BCUT2D eigenvalue weighted by Gasteiger charge is 2.16. The summed E-state index contributed by atoms with van der Waals surface area (Å²) in [5.74, 6) is 1.25. The molecule has 1 heterocycles. The van der Waals surface area contributed by atoms with Crippen molar-refractivity contribution in [3.05, 3.63) is 0 Å². The van der Waals surface area contributed by atoms with Crippen LogP contribution in [0.2, 0.25) is 0 Å². The molecule has 1 fully saturated rings. The van der Waals surface area contributed by atoms with E-state index >= 15 is 0 Å². The summed E-state index contributed by atoms with van der Waals surface area (Å²) >= 11 is 0. The molecule has 36 heavy (non-hydrogen) atoms. The van der Waals surface area contributed by atoms with Crippen molar-refractivity contribution in [3.8, 4) is 0 Å². The van der Waals surface area contributed by atoms with Gasteiger partial charge in [-0.2, -0.15) is 0 Å². The third-order valence-corrected chi connectivity index (χ3v) is 5.72. The summed E-state index contributed by atoms with van der Waals surface area (Å²) in [6, 6.07) is 0. The van der Waals surface area contributed by atoms with Crippen LogP contribution in [0.15, 0.2) is 0 Å². The maximum absolute atomic E-state index is 5.71. The average molecular weight is 521 g/mol. The van der Waals surface area contributed by atoms with Gasteiger partial charge in [-0.05, 0) is 18.3 Å². The molecular formula is C27H56N2O7. The van der Waals surface area contributed by atoms with E-state index in [-0.39, 0.29) is 0 Å². The molecule has 216 valence electrons. The minimum atomic E-state index is 0.565. The Morgan fingerprint density at radius 3 is 1.11 bits per heavy atom. The van der Waals surface area contributed by atoms with Gasteiger partial charge in [0.1, 0.15) is 0 Å². The van der Waals surface area contributed by atoms with E-state index in [9.17, 15) is 0 Å². The second kappa shape index (κ2) is 24.9. The number of hydrogen-bond acceptors (Lipinski definition) is 9. The molecule has 0 unspecified atom stereocenters. The van der Waals surface area contributed by atoms with Crippen LogP contribution in [0.4, 0.5) is 0 Å². The lowest BCUT2D eigenvalue weighted by Crippen LogP contribution is -2.48. The topological polar surface area (TPSA) is 71.1 Å². The molecule has 0 aromatic carbocycles. The third-order valence-electron chi connectivity index (χ3n) is 5.72. The zero-order valence-electron chi connectivity index (χ0n) is 23.8. The summed E-state index contributed by atoms with van der Waals surface area (Å²) in [5.41, 5.74) is 0. The monoisotopic (exact) mass is 520 g/mol. The minimum Gasteiger partial charge on any atom is -0.379 e. The van der Waals surface area contributed by atoms with Gasteiger partial charge in [0.05, 0.1) is 79.3 Å². The van der Waals surface area contributed by atoms with E-state index in [4.69, 9.17) is 33.2 Å². The normalized spacial score (nSPS) is 15.5. The van der Waals surface area contributed by atoms with Crippen LogP contribution in [-0.4, -0.2) is 142 Å². The van der Waals surface area contributed by atoms with Gasteiger partial charge in [0, 0.05) is 52.5 Å². The van der Waals surface area contributed by atoms with E-state index in [0.717, 1.165) is 72.1 Å². The van der Waals surface area contributed by atoms with E-state index in [1.54, 1.807) is 0 Å². The quantitative estimate of drug-likeness (QED) is 0.160. The number of nitrogens with zero attached hydrogens (tertiary/aromatic N) is 2. The Balaban J connectivity index is 1.77. The Bertz CT molecular complexity index is 450. The predicted octanol–water partition coefficient (Wildman–Crippen LogP) is 2.42. The molecule has 0 atom stereocenters. The summed E-state index contributed by atoms with van der Waals surface area (Å²) in [7, 11) is 0. The molecule has 0 bridgehead atoms. The van der Waals surface area contributed by atoms with E-state index in [1.165, 1.54) is 0 Å². The lowest BCUT2D eigenvalue weighted by Gasteiger charge is -2.34. The number of piperazine rings is 1. The molecule has 1 saturated heterocycles. The van der Waals surface area contributed by atoms with Gasteiger partial charge in [-0.1, -0.05) is 27.7 Å². The minimum absolute atomic E-state index is 0.565. The van der Waals surface area contributed by atoms with Crippen molar-refractivity contribution in [2.45, 2.75) is 34.1 Å². The van der Waals surface area contributed by atoms with Gasteiger partial charge < -0.3 is 33.2 Å². The first-order valence-electron chi connectivity index (χ1n) is 14.1. The fraction of sp³-hybridized carbons (Fsp3) is 1.00. The molecule has 0 aliphatic carbocycles. The molecule has 0 radical (unpaired) electrons. The maximum atomic E-state index is 5.71. The van der Waals surface area contributed by atoms with Crippen LogP contribution in [0.1, 0.15) is 34.1 Å². The average Bonchev–Trinajstić information content (AvgIpc) is 2.85. The van der Waals surface area contributed by atoms with Gasteiger partial charge in [0.25, 0.3) is 0 Å². The maximum Gasteiger partial charge on any atom is 0.0701 e. The molecule has 1 aliphatic heterocycles. The summed E-state index contributed by atoms with van der Waals surface area (Å²) in [6.45, 7) is 24.4. The zero-order chi connectivity index (χ0) is 26.1. The lowest BCUT2D eigenvalue weighted by molar-refractivity contribution is -0.00843. The van der Waals surface area contributed by atoms with E-state index in [0.29, 0.717) is 77.9 Å². The number of hydrogen-bond donors (Lipinski definition) is 0. The Morgan fingerprint density at radius 2 is 0.750 bits per heavy atom. The molecule has 0 spiro atoms. The lowest BCUT2D eigenvalue weighted by atomic mass is 10.1. The summed E-state index contributed by atoms with van der Waals surface area (Å²) < 4.78 is 39.0. The first-order chi connectivity index (χ1) is 17.6. The standard InChI is InChI=1S/C27H56N2O7/c1-26(2)5-12-30-15-18-33-19-16-31-13-10-28-6-8-29(9-7-28)11-14-32-17-20-34-21-22-35-23-24-36-25-27(3)4/h26-27H,5-25H2,1-4H3. The van der Waals surface area contributed by atoms with Crippen LogP contribution in [0.25, 0.3) is 0 Å². The number of rotatable bonds is 26. The Labute approximate surface area is 221 Å². The first kappa shape index (κ1) is 33.7. The fourth-order valence-corrected chi connectivity index (χ4v) is 3.46. The molecular weight excluding hydrogens is 464 g/mol. The van der Waals surface area contributed by atoms with Crippen LogP contribution >= 0.6 is 0 Å². The van der Waals surface area contributed by atoms with Crippen molar-refractivity contribution in [2.24, 2.45) is 11.8 Å². The second-order valence-corrected chi connectivity index (χ2v) is 10.0. The van der Waals surface area contributed by atoms with E-state index in [1.807, 2.05) is 0 Å². The fourth-order valence-electron chi connectivity index (χ4n) is 3.46. The second-order valence-electron chi connectivity index (χ2n) is 10.0. The van der Waals surface area contributed by atoms with Gasteiger partial charge >= 0.3 is 0 Å². The van der Waals surface area contributed by atoms with Crippen LogP contribution in [0.5, 0.6) is 0 Å². The molecule has 0 aromatic heterocycles. The van der Waals surface area contributed by atoms with Crippen molar-refractivity contribution in [1.82, 2.24) is 9.80 Å². The number of ether oxygens (including phenoxy) is 7. The molecule has 1 rings (SSSR count). The van der Waals surface area contributed by atoms with Gasteiger partial charge in [0.2, 0.25) is 0 Å². The van der Waals surface area contributed by atoms with E-state index in [2.05, 4.69) is 37.5 Å². The molecule has 0 saturated carbocycles. The van der Waals surface area contributed by atoms with Crippen molar-refractivity contribution >= 4 is 0 Å². The van der Waals surface area contributed by atoms with Gasteiger partial charge in [-0.15, -0.1) is 0 Å². The largest absolute Gasteiger partial charge is 0.379 e. The molecule has 1 aliphatic rings. The first-order valence-corrected chi connectivity index (χ1v) is 14.1. The van der Waals surface area contributed by atoms with Crippen LogP contribution in [-0.2, 0) is 33.2 Å². The van der Waals surface area contributed by atoms with Crippen molar-refractivity contribution in [2.75, 3.05) is 132 Å². The van der Waals surface area contributed by atoms with Crippen molar-refractivity contribution in [1.29, 1.82) is 0 Å². The van der Waals surface area contributed by atoms with Gasteiger partial charge in [-0.3, -0.25) is 9.80 Å². The molecule has 9 heteroatoms. The highest BCUT2D eigenvalue weighted by molar-refractivity contribution is 4.71. The molecule has 0 amide bonds. The SMILES string of the molecule is CC(C)CCOCCOCCOCCN1CCN(CCOCCOCCOCCOCC(C)C)CC1. The smallest absolute Gasteiger partial charge is 0.0701 e. The molecule has 9 nitrogen and oxygen atoms in total. The van der Waals surface area contributed by atoms with Crippen LogP contribution in [0.3, 0.4) is 0 Å². The summed E-state index contributed by atoms with van der Waals surface area (Å²) in [5, 5.41) is 0. The van der Waals surface area contributed by atoms with E-state index < -0.39 is 0 Å². The van der Waals surface area contributed by atoms with Gasteiger partial charge in [-0.25, -0.2) is 0 Å². The van der Waals surface area contributed by atoms with Crippen molar-refractivity contribution < 1.29 is 33.2 Å². The van der Waals surface area contributed by atoms with Crippen LogP contribution in [0, 0.1) is 11.8 Å². The van der Waals surface area contributed by atoms with Gasteiger partial charge in [0.15, 0.2) is 0 Å². The predicted molar refractivity (Wildman–Crippen MR) is 143 cm³/mol. The Morgan fingerprint density at radius 1 is 0.417 bits per heavy atom. The third kappa shape index (κ3) is 22.8. The summed E-state index contributed by atoms with van der Waals surface area (Å²) in [6.07, 6.45) is 1.10. The zero-order valence-corrected chi connectivity index (χ0v) is 23.8. The Hall–Kier alpha value is -0.360. The van der Waals surface area contributed by atoms with Crippen LogP contribution < -0.4 is 0 Å². The Kier molecular flexibility index (Phi) is 23.3. The molecule has 0 aromatic rings. The summed E-state index contributed by atoms with van der Waals surface area (Å²) in [4.78, 5) is 4.93. The molecule has 0 N–H and O–H groups in total. The highest BCUT2D eigenvalue weighted by atomic mass is 16.6. The highest BCUT2D eigenvalue weighted by Crippen LogP contribution is 2.01.